The molecule has 0 amide bonds. The summed E-state index contributed by atoms with van der Waals surface area (Å²) in [6.07, 6.45) is 0. The second-order valence-corrected chi connectivity index (χ2v) is 6.27. The van der Waals surface area contributed by atoms with Crippen molar-refractivity contribution in [2.75, 3.05) is 11.9 Å². The van der Waals surface area contributed by atoms with Crippen molar-refractivity contribution in [1.29, 1.82) is 0 Å². The van der Waals surface area contributed by atoms with Crippen LogP contribution < -0.4 is 10.6 Å². The molecule has 2 rings (SSSR count). The highest BCUT2D eigenvalue weighted by Gasteiger charge is 2.09. The maximum absolute atomic E-state index is 5.90. The number of hydrogen-bond acceptors (Lipinski definition) is 2. The van der Waals surface area contributed by atoms with E-state index in [1.54, 1.807) is 0 Å². The molecule has 0 bridgehead atoms. The van der Waals surface area contributed by atoms with Crippen molar-refractivity contribution in [3.05, 3.63) is 63.1 Å². The normalized spacial score (nSPS) is 12.2. The van der Waals surface area contributed by atoms with Crippen molar-refractivity contribution in [1.82, 2.24) is 0 Å². The van der Waals surface area contributed by atoms with Crippen LogP contribution in [0.2, 0.25) is 5.02 Å². The minimum Gasteiger partial charge on any atom is -0.369 e. The predicted molar refractivity (Wildman–Crippen MR) is 90.3 cm³/mol. The number of nitrogens with zero attached hydrogens (tertiary/aromatic N) is 1. The van der Waals surface area contributed by atoms with Crippen molar-refractivity contribution in [3.8, 4) is 0 Å². The molecule has 2 nitrogen and oxygen atoms in total. The molecule has 1 unspecified atom stereocenters. The maximum atomic E-state index is 5.90. The van der Waals surface area contributed by atoms with Crippen LogP contribution in [0.25, 0.3) is 0 Å². The molecule has 0 saturated carbocycles. The molecule has 20 heavy (non-hydrogen) atoms. The zero-order valence-corrected chi connectivity index (χ0v) is 13.9. The summed E-state index contributed by atoms with van der Waals surface area (Å²) in [7, 11) is 2.07. The molecule has 106 valence electrons. The fourth-order valence-corrected chi connectivity index (χ4v) is 2.89. The monoisotopic (exact) mass is 352 g/mol. The largest absolute Gasteiger partial charge is 0.369 e. The van der Waals surface area contributed by atoms with E-state index < -0.39 is 0 Å². The van der Waals surface area contributed by atoms with Crippen LogP contribution in [0.4, 0.5) is 5.69 Å². The summed E-state index contributed by atoms with van der Waals surface area (Å²) in [6, 6.07) is 14.2. The van der Waals surface area contributed by atoms with Gasteiger partial charge in [0.1, 0.15) is 0 Å². The Morgan fingerprint density at radius 2 is 1.85 bits per heavy atom. The molecule has 0 fully saturated rings. The van der Waals surface area contributed by atoms with Gasteiger partial charge in [-0.1, -0.05) is 29.8 Å². The highest BCUT2D eigenvalue weighted by atomic mass is 79.9. The molecule has 4 heteroatoms. The third kappa shape index (κ3) is 3.75. The van der Waals surface area contributed by atoms with Gasteiger partial charge >= 0.3 is 0 Å². The van der Waals surface area contributed by atoms with Gasteiger partial charge in [-0.25, -0.2) is 0 Å². The van der Waals surface area contributed by atoms with E-state index in [2.05, 4.69) is 46.1 Å². The van der Waals surface area contributed by atoms with Gasteiger partial charge in [0.05, 0.1) is 5.69 Å². The summed E-state index contributed by atoms with van der Waals surface area (Å²) in [5, 5.41) is 0.763. The van der Waals surface area contributed by atoms with Gasteiger partial charge < -0.3 is 10.6 Å². The standard InChI is InChI=1S/C16H18BrClN2/c1-11(19)13-5-8-16(15(17)9-13)20(2)10-12-3-6-14(18)7-4-12/h3-9,11H,10,19H2,1-2H3. The van der Waals surface area contributed by atoms with Crippen LogP contribution in [0.5, 0.6) is 0 Å². The molecular weight excluding hydrogens is 336 g/mol. The molecule has 1 atom stereocenters. The highest BCUT2D eigenvalue weighted by Crippen LogP contribution is 2.29. The van der Waals surface area contributed by atoms with Crippen LogP contribution in [-0.4, -0.2) is 7.05 Å². The van der Waals surface area contributed by atoms with Gasteiger partial charge in [0, 0.05) is 29.1 Å². The topological polar surface area (TPSA) is 29.3 Å². The Morgan fingerprint density at radius 3 is 2.40 bits per heavy atom. The lowest BCUT2D eigenvalue weighted by Crippen LogP contribution is -2.17. The van der Waals surface area contributed by atoms with E-state index in [0.717, 1.165) is 27.3 Å². The van der Waals surface area contributed by atoms with E-state index in [-0.39, 0.29) is 6.04 Å². The van der Waals surface area contributed by atoms with Gasteiger partial charge in [0.2, 0.25) is 0 Å². The van der Waals surface area contributed by atoms with Gasteiger partial charge in [0.15, 0.2) is 0 Å². The van der Waals surface area contributed by atoms with E-state index in [4.69, 9.17) is 17.3 Å². The van der Waals surface area contributed by atoms with Gasteiger partial charge in [-0.3, -0.25) is 0 Å². The third-order valence-electron chi connectivity index (χ3n) is 3.24. The molecule has 0 radical (unpaired) electrons. The van der Waals surface area contributed by atoms with E-state index in [0.29, 0.717) is 0 Å². The molecular formula is C16H18BrClN2. The van der Waals surface area contributed by atoms with Gasteiger partial charge in [-0.2, -0.15) is 0 Å². The van der Waals surface area contributed by atoms with Crippen LogP contribution >= 0.6 is 27.5 Å². The van der Waals surface area contributed by atoms with E-state index in [1.165, 1.54) is 5.56 Å². The quantitative estimate of drug-likeness (QED) is 0.858. The second kappa shape index (κ2) is 6.61. The predicted octanol–water partition coefficient (Wildman–Crippen LogP) is 4.76. The Balaban J connectivity index is 2.16. The maximum Gasteiger partial charge on any atom is 0.0511 e. The molecule has 0 heterocycles. The van der Waals surface area contributed by atoms with Crippen molar-refractivity contribution >= 4 is 33.2 Å². The minimum atomic E-state index is 0.0434. The number of anilines is 1. The Labute approximate surface area is 133 Å². The Morgan fingerprint density at radius 1 is 1.20 bits per heavy atom. The van der Waals surface area contributed by atoms with Gasteiger partial charge in [0.25, 0.3) is 0 Å². The molecule has 0 spiro atoms. The molecule has 0 saturated heterocycles. The van der Waals surface area contributed by atoms with E-state index in [1.807, 2.05) is 31.2 Å². The van der Waals surface area contributed by atoms with Crippen molar-refractivity contribution in [3.63, 3.8) is 0 Å². The number of benzene rings is 2. The second-order valence-electron chi connectivity index (χ2n) is 4.98. The molecule has 0 aromatic heterocycles. The first-order valence-electron chi connectivity index (χ1n) is 6.48. The summed E-state index contributed by atoms with van der Waals surface area (Å²) in [4.78, 5) is 2.19. The fourth-order valence-electron chi connectivity index (χ4n) is 2.06. The number of halogens is 2. The van der Waals surface area contributed by atoms with Crippen molar-refractivity contribution in [2.45, 2.75) is 19.5 Å². The minimum absolute atomic E-state index is 0.0434. The lowest BCUT2D eigenvalue weighted by atomic mass is 10.1. The summed E-state index contributed by atoms with van der Waals surface area (Å²) in [5.74, 6) is 0. The number of hydrogen-bond donors (Lipinski definition) is 1. The van der Waals surface area contributed by atoms with Gasteiger partial charge in [-0.15, -0.1) is 0 Å². The Kier molecular flexibility index (Phi) is 5.08. The van der Waals surface area contributed by atoms with Crippen LogP contribution in [-0.2, 0) is 6.54 Å². The zero-order valence-electron chi connectivity index (χ0n) is 11.6. The smallest absolute Gasteiger partial charge is 0.0511 e. The van der Waals surface area contributed by atoms with Crippen LogP contribution in [0.3, 0.4) is 0 Å². The average molecular weight is 354 g/mol. The average Bonchev–Trinajstić information content (AvgIpc) is 2.41. The lowest BCUT2D eigenvalue weighted by Gasteiger charge is -2.22. The molecule has 2 N–H and O–H groups in total. The first-order chi connectivity index (χ1) is 9.47. The first kappa shape index (κ1) is 15.4. The Hall–Kier alpha value is -1.03. The molecule has 0 aliphatic heterocycles. The Bertz CT molecular complexity index is 582. The van der Waals surface area contributed by atoms with Crippen LogP contribution in [0.15, 0.2) is 46.9 Å². The highest BCUT2D eigenvalue weighted by molar-refractivity contribution is 9.10. The third-order valence-corrected chi connectivity index (χ3v) is 4.13. The fraction of sp³-hybridized carbons (Fsp3) is 0.250. The van der Waals surface area contributed by atoms with E-state index in [9.17, 15) is 0 Å². The summed E-state index contributed by atoms with van der Waals surface area (Å²) >= 11 is 9.53. The van der Waals surface area contributed by atoms with Crippen LogP contribution in [0, 0.1) is 0 Å². The molecule has 2 aromatic carbocycles. The zero-order chi connectivity index (χ0) is 14.7. The summed E-state index contributed by atoms with van der Waals surface area (Å²) in [5.41, 5.74) is 9.39. The lowest BCUT2D eigenvalue weighted by molar-refractivity contribution is 0.816. The SMILES string of the molecule is CC(N)c1ccc(N(C)Cc2ccc(Cl)cc2)c(Br)c1. The van der Waals surface area contributed by atoms with Gasteiger partial charge in [-0.05, 0) is 58.2 Å². The van der Waals surface area contributed by atoms with Crippen LogP contribution in [0.1, 0.15) is 24.1 Å². The molecule has 0 aliphatic carbocycles. The van der Waals surface area contributed by atoms with Crippen molar-refractivity contribution in [2.24, 2.45) is 5.73 Å². The van der Waals surface area contributed by atoms with E-state index >= 15 is 0 Å². The molecule has 2 aromatic rings. The summed E-state index contributed by atoms with van der Waals surface area (Å²) < 4.78 is 1.06. The van der Waals surface area contributed by atoms with Crippen molar-refractivity contribution < 1.29 is 0 Å². The molecule has 0 aliphatic rings. The number of rotatable bonds is 4. The first-order valence-corrected chi connectivity index (χ1v) is 7.65. The number of nitrogens with two attached hydrogens (primary N) is 1. The summed E-state index contributed by atoms with van der Waals surface area (Å²) in [6.45, 7) is 2.81.